The van der Waals surface area contributed by atoms with Gasteiger partial charge < -0.3 is 0 Å². The number of nitrogens with zero attached hydrogens (tertiary/aromatic N) is 3. The molecule has 1 amide bonds. The van der Waals surface area contributed by atoms with Crippen molar-refractivity contribution in [3.05, 3.63) is 80.5 Å². The van der Waals surface area contributed by atoms with Gasteiger partial charge in [0, 0.05) is 14.9 Å². The predicted molar refractivity (Wildman–Crippen MR) is 117 cm³/mol. The summed E-state index contributed by atoms with van der Waals surface area (Å²) in [7, 11) is 0. The van der Waals surface area contributed by atoms with Gasteiger partial charge in [0.15, 0.2) is 0 Å². The molecule has 7 heteroatoms. The van der Waals surface area contributed by atoms with Crippen molar-refractivity contribution in [2.75, 3.05) is 5.01 Å². The lowest BCUT2D eigenvalue weighted by atomic mass is 10.2. The number of halogens is 1. The zero-order chi connectivity index (χ0) is 18.8. The van der Waals surface area contributed by atoms with Crippen molar-refractivity contribution in [2.45, 2.75) is 6.92 Å². The minimum atomic E-state index is -0.222. The lowest BCUT2D eigenvalue weighted by Gasteiger charge is -2.13. The number of anilines is 1. The standard InChI is InChI=1S/C20H14BrN3OS2/c1-13-7-8-17-18(10-13)27-20(23-17)24(22-12-16-6-3-9-26-16)19(25)14-4-2-5-15(21)11-14/h2-12H,1H3/b22-12+. The molecule has 0 bridgehead atoms. The number of benzene rings is 2. The van der Waals surface area contributed by atoms with Crippen LogP contribution in [0.15, 0.2) is 69.6 Å². The van der Waals surface area contributed by atoms with E-state index in [1.807, 2.05) is 48.7 Å². The third-order valence-corrected chi connectivity index (χ3v) is 6.12. The monoisotopic (exact) mass is 455 g/mol. The largest absolute Gasteiger partial charge is 0.280 e. The van der Waals surface area contributed by atoms with Gasteiger partial charge in [0.2, 0.25) is 5.13 Å². The van der Waals surface area contributed by atoms with Crippen molar-refractivity contribution in [1.82, 2.24) is 4.98 Å². The van der Waals surface area contributed by atoms with Gasteiger partial charge in [-0.15, -0.1) is 11.3 Å². The van der Waals surface area contributed by atoms with Crippen LogP contribution >= 0.6 is 38.6 Å². The first-order valence-corrected chi connectivity index (χ1v) is 10.6. The van der Waals surface area contributed by atoms with E-state index in [9.17, 15) is 4.79 Å². The number of fused-ring (bicyclic) bond motifs is 1. The summed E-state index contributed by atoms with van der Waals surface area (Å²) in [5.74, 6) is -0.222. The highest BCUT2D eigenvalue weighted by molar-refractivity contribution is 9.10. The van der Waals surface area contributed by atoms with E-state index in [0.717, 1.165) is 25.1 Å². The molecule has 0 atom stereocenters. The van der Waals surface area contributed by atoms with Crippen LogP contribution in [0.25, 0.3) is 10.2 Å². The highest BCUT2D eigenvalue weighted by Gasteiger charge is 2.21. The molecule has 4 nitrogen and oxygen atoms in total. The Kier molecular flexibility index (Phi) is 5.15. The Labute approximate surface area is 172 Å². The molecule has 0 saturated heterocycles. The van der Waals surface area contributed by atoms with Crippen LogP contribution in [0.2, 0.25) is 0 Å². The number of rotatable bonds is 4. The molecule has 0 radical (unpaired) electrons. The third kappa shape index (κ3) is 4.00. The van der Waals surface area contributed by atoms with E-state index < -0.39 is 0 Å². The van der Waals surface area contributed by atoms with Crippen LogP contribution < -0.4 is 5.01 Å². The second-order valence-electron chi connectivity index (χ2n) is 5.85. The van der Waals surface area contributed by atoms with E-state index >= 15 is 0 Å². The van der Waals surface area contributed by atoms with Gasteiger partial charge in [-0.1, -0.05) is 45.5 Å². The molecular weight excluding hydrogens is 442 g/mol. The molecule has 0 aliphatic heterocycles. The molecule has 0 aliphatic rings. The second-order valence-corrected chi connectivity index (χ2v) is 8.76. The molecule has 2 aromatic carbocycles. The van der Waals surface area contributed by atoms with Crippen LogP contribution in [-0.2, 0) is 0 Å². The number of hydrogen-bond donors (Lipinski definition) is 0. The second kappa shape index (κ2) is 7.72. The van der Waals surface area contributed by atoms with Crippen LogP contribution in [-0.4, -0.2) is 17.1 Å². The molecule has 134 valence electrons. The zero-order valence-electron chi connectivity index (χ0n) is 14.3. The van der Waals surface area contributed by atoms with Crippen molar-refractivity contribution in [3.8, 4) is 0 Å². The highest BCUT2D eigenvalue weighted by atomic mass is 79.9. The Balaban J connectivity index is 1.77. The lowest BCUT2D eigenvalue weighted by Crippen LogP contribution is -2.25. The van der Waals surface area contributed by atoms with Crippen LogP contribution in [0.5, 0.6) is 0 Å². The van der Waals surface area contributed by atoms with Crippen molar-refractivity contribution < 1.29 is 4.79 Å². The van der Waals surface area contributed by atoms with Gasteiger partial charge in [-0.3, -0.25) is 4.79 Å². The molecule has 0 unspecified atom stereocenters. The van der Waals surface area contributed by atoms with Crippen molar-refractivity contribution in [3.63, 3.8) is 0 Å². The highest BCUT2D eigenvalue weighted by Crippen LogP contribution is 2.31. The molecule has 0 aliphatic carbocycles. The fourth-order valence-corrected chi connectivity index (χ4v) is 4.52. The van der Waals surface area contributed by atoms with Crippen molar-refractivity contribution in [1.29, 1.82) is 0 Å². The number of hydrazone groups is 1. The fourth-order valence-electron chi connectivity index (χ4n) is 2.52. The number of thiophene rings is 1. The van der Waals surface area contributed by atoms with Gasteiger partial charge in [0.1, 0.15) is 0 Å². The summed E-state index contributed by atoms with van der Waals surface area (Å²) >= 11 is 6.44. The summed E-state index contributed by atoms with van der Waals surface area (Å²) in [4.78, 5) is 18.8. The Bertz CT molecular complexity index is 1140. The molecular formula is C20H14BrN3OS2. The summed E-state index contributed by atoms with van der Waals surface area (Å²) in [5.41, 5.74) is 2.56. The summed E-state index contributed by atoms with van der Waals surface area (Å²) in [6.45, 7) is 2.04. The third-order valence-electron chi connectivity index (χ3n) is 3.82. The number of carbonyl (C=O) groups is 1. The van der Waals surface area contributed by atoms with Gasteiger partial charge in [-0.2, -0.15) is 10.1 Å². The van der Waals surface area contributed by atoms with Gasteiger partial charge in [-0.25, -0.2) is 4.98 Å². The number of carbonyl (C=O) groups excluding carboxylic acids is 1. The first kappa shape index (κ1) is 18.0. The minimum Gasteiger partial charge on any atom is -0.267 e. The van der Waals surface area contributed by atoms with E-state index in [0.29, 0.717) is 10.7 Å². The number of aryl methyl sites for hydroxylation is 1. The topological polar surface area (TPSA) is 45.6 Å². The van der Waals surface area contributed by atoms with Crippen LogP contribution in [0, 0.1) is 6.92 Å². The minimum absolute atomic E-state index is 0.222. The molecule has 0 N–H and O–H groups in total. The number of amides is 1. The maximum Gasteiger partial charge on any atom is 0.280 e. The summed E-state index contributed by atoms with van der Waals surface area (Å²) in [6.07, 6.45) is 1.69. The molecule has 0 spiro atoms. The Morgan fingerprint density at radius 1 is 1.19 bits per heavy atom. The number of thiazole rings is 1. The van der Waals surface area contributed by atoms with Crippen molar-refractivity contribution >= 4 is 66.1 Å². The summed E-state index contributed by atoms with van der Waals surface area (Å²) in [5, 5.41) is 8.36. The molecule has 4 rings (SSSR count). The lowest BCUT2D eigenvalue weighted by molar-refractivity contribution is 0.0988. The zero-order valence-corrected chi connectivity index (χ0v) is 17.5. The average molecular weight is 456 g/mol. The normalized spacial score (nSPS) is 11.3. The molecule has 0 saturated carbocycles. The van der Waals surface area contributed by atoms with Crippen LogP contribution in [0.3, 0.4) is 0 Å². The maximum absolute atomic E-state index is 13.2. The van der Waals surface area contributed by atoms with E-state index in [2.05, 4.69) is 32.1 Å². The maximum atomic E-state index is 13.2. The Morgan fingerprint density at radius 2 is 2.07 bits per heavy atom. The number of hydrogen-bond acceptors (Lipinski definition) is 5. The van der Waals surface area contributed by atoms with Crippen LogP contribution in [0.1, 0.15) is 20.8 Å². The van der Waals surface area contributed by atoms with Gasteiger partial charge in [0.25, 0.3) is 5.91 Å². The Morgan fingerprint density at radius 3 is 2.85 bits per heavy atom. The molecule has 2 heterocycles. The van der Waals surface area contributed by atoms with Gasteiger partial charge >= 0.3 is 0 Å². The average Bonchev–Trinajstić information content (AvgIpc) is 3.31. The van der Waals surface area contributed by atoms with Crippen molar-refractivity contribution in [2.24, 2.45) is 5.10 Å². The van der Waals surface area contributed by atoms with Gasteiger partial charge in [0.05, 0.1) is 16.4 Å². The summed E-state index contributed by atoms with van der Waals surface area (Å²) in [6, 6.07) is 17.2. The molecule has 27 heavy (non-hydrogen) atoms. The molecule has 0 fully saturated rings. The SMILES string of the molecule is Cc1ccc2nc(N(/N=C/c3cccs3)C(=O)c3cccc(Br)c3)sc2c1. The Hall–Kier alpha value is -2.35. The fraction of sp³-hybridized carbons (Fsp3) is 0.0500. The van der Waals surface area contributed by atoms with Gasteiger partial charge in [-0.05, 0) is 54.3 Å². The van der Waals surface area contributed by atoms with E-state index in [1.54, 1.807) is 29.7 Å². The predicted octanol–water partition coefficient (Wildman–Crippen LogP) is 6.11. The van der Waals surface area contributed by atoms with E-state index in [4.69, 9.17) is 0 Å². The van der Waals surface area contributed by atoms with E-state index in [1.165, 1.54) is 16.3 Å². The van der Waals surface area contributed by atoms with E-state index in [-0.39, 0.29) is 5.91 Å². The number of aromatic nitrogens is 1. The first-order valence-electron chi connectivity index (χ1n) is 8.15. The first-order chi connectivity index (χ1) is 13.1. The molecule has 2 aromatic heterocycles. The summed E-state index contributed by atoms with van der Waals surface area (Å²) < 4.78 is 1.87. The quantitative estimate of drug-likeness (QED) is 0.275. The molecule has 4 aromatic rings. The smallest absolute Gasteiger partial charge is 0.267 e. The van der Waals surface area contributed by atoms with Crippen LogP contribution in [0.4, 0.5) is 5.13 Å².